The van der Waals surface area contributed by atoms with Gasteiger partial charge in [0.1, 0.15) is 6.04 Å². The number of rotatable bonds is 5. The molecule has 1 aromatic carbocycles. The Morgan fingerprint density at radius 2 is 1.77 bits per heavy atom. The molecule has 0 aliphatic carbocycles. The molecular weight excluding hydrogens is 398 g/mol. The molecule has 3 heterocycles. The van der Waals surface area contributed by atoms with Gasteiger partial charge < -0.3 is 9.15 Å². The van der Waals surface area contributed by atoms with E-state index in [1.807, 2.05) is 12.1 Å². The van der Waals surface area contributed by atoms with Crippen molar-refractivity contribution >= 4 is 11.1 Å². The number of ether oxygens (including phenoxy) is 1. The molecule has 0 unspecified atom stereocenters. The Labute approximate surface area is 177 Å². The molecule has 0 radical (unpaired) electrons. The van der Waals surface area contributed by atoms with E-state index in [1.54, 1.807) is 18.7 Å². The lowest BCUT2D eigenvalue weighted by Gasteiger charge is -2.11. The molecule has 0 aliphatic rings. The maximum Gasteiger partial charge on any atom is 0.423 e. The highest BCUT2D eigenvalue weighted by atomic mass is 16.5. The fourth-order valence-corrected chi connectivity index (χ4v) is 3.47. The molecule has 0 saturated heterocycles. The van der Waals surface area contributed by atoms with E-state index >= 15 is 0 Å². The maximum atomic E-state index is 13.0. The number of aromatic nitrogens is 5. The average molecular weight is 421 g/mol. The lowest BCUT2D eigenvalue weighted by molar-refractivity contribution is 0.388. The first kappa shape index (κ1) is 20.5. The molecule has 9 heteroatoms. The van der Waals surface area contributed by atoms with Gasteiger partial charge in [0.2, 0.25) is 5.58 Å². The van der Waals surface area contributed by atoms with Crippen molar-refractivity contribution in [2.45, 2.75) is 32.7 Å². The fourth-order valence-electron chi connectivity index (χ4n) is 3.47. The first-order valence-corrected chi connectivity index (χ1v) is 9.91. The van der Waals surface area contributed by atoms with Gasteiger partial charge in [-0.25, -0.2) is 24.0 Å². The monoisotopic (exact) mass is 421 g/mol. The Hall–Kier alpha value is -3.75. The van der Waals surface area contributed by atoms with E-state index in [0.717, 1.165) is 10.1 Å². The molecule has 0 bridgehead atoms. The molecule has 0 N–H and O–H groups in total. The highest BCUT2D eigenvalue weighted by molar-refractivity contribution is 5.77. The van der Waals surface area contributed by atoms with E-state index in [0.29, 0.717) is 17.6 Å². The van der Waals surface area contributed by atoms with Gasteiger partial charge in [-0.15, -0.1) is 0 Å². The van der Waals surface area contributed by atoms with Gasteiger partial charge in [-0.05, 0) is 18.4 Å². The average Bonchev–Trinajstić information content (AvgIpc) is 3.15. The van der Waals surface area contributed by atoms with Crippen molar-refractivity contribution < 1.29 is 9.15 Å². The topological polar surface area (TPSA) is 105 Å². The molecule has 0 amide bonds. The first-order valence-electron chi connectivity index (χ1n) is 9.91. The molecular formula is C22H23N5O4. The first-order chi connectivity index (χ1) is 14.8. The molecule has 0 saturated carbocycles. The molecule has 4 rings (SSSR count). The molecule has 9 nitrogen and oxygen atoms in total. The molecule has 3 aromatic heterocycles. The van der Waals surface area contributed by atoms with Crippen LogP contribution in [0.15, 0.2) is 50.5 Å². The summed E-state index contributed by atoms with van der Waals surface area (Å²) in [6, 6.07) is 8.85. The second-order valence-electron chi connectivity index (χ2n) is 7.60. The van der Waals surface area contributed by atoms with Crippen LogP contribution in [0.3, 0.4) is 0 Å². The van der Waals surface area contributed by atoms with Gasteiger partial charge in [0.15, 0.2) is 22.9 Å². The van der Waals surface area contributed by atoms with Crippen molar-refractivity contribution in [3.63, 3.8) is 0 Å². The van der Waals surface area contributed by atoms with Crippen LogP contribution in [0.25, 0.3) is 22.5 Å². The van der Waals surface area contributed by atoms with Crippen molar-refractivity contribution in [3.8, 4) is 17.1 Å². The largest absolute Gasteiger partial charge is 0.493 e. The highest BCUT2D eigenvalue weighted by Crippen LogP contribution is 2.24. The second kappa shape index (κ2) is 7.82. The third-order valence-corrected chi connectivity index (χ3v) is 5.27. The standard InChI is InChI=1S/C22H23N5O4/c1-12(2)14-6-8-15(9-7-14)20-24-19(25-26(20)4)13(3)27-21(28)17-18(31-22(27)29)16(30-5)10-11-23-17/h6-13H,1-5H3/t13-/m0/s1. The van der Waals surface area contributed by atoms with Crippen molar-refractivity contribution in [1.29, 1.82) is 0 Å². The van der Waals surface area contributed by atoms with Gasteiger partial charge >= 0.3 is 5.76 Å². The predicted octanol–water partition coefficient (Wildman–Crippen LogP) is 2.89. The molecule has 31 heavy (non-hydrogen) atoms. The summed E-state index contributed by atoms with van der Waals surface area (Å²) in [7, 11) is 3.20. The summed E-state index contributed by atoms with van der Waals surface area (Å²) < 4.78 is 13.1. The number of nitrogens with zero attached hydrogens (tertiary/aromatic N) is 5. The van der Waals surface area contributed by atoms with Crippen LogP contribution in [0.2, 0.25) is 0 Å². The molecule has 0 fully saturated rings. The summed E-state index contributed by atoms with van der Waals surface area (Å²) in [5.74, 6) is 0.821. The van der Waals surface area contributed by atoms with E-state index in [-0.39, 0.29) is 16.8 Å². The minimum atomic E-state index is -0.827. The zero-order chi connectivity index (χ0) is 22.3. The van der Waals surface area contributed by atoms with Gasteiger partial charge in [0.25, 0.3) is 5.56 Å². The van der Waals surface area contributed by atoms with Crippen LogP contribution < -0.4 is 16.1 Å². The smallest absolute Gasteiger partial charge is 0.423 e. The van der Waals surface area contributed by atoms with E-state index in [1.165, 1.54) is 24.9 Å². The van der Waals surface area contributed by atoms with E-state index in [9.17, 15) is 9.59 Å². The number of hydrogen-bond donors (Lipinski definition) is 0. The van der Waals surface area contributed by atoms with Gasteiger partial charge in [-0.1, -0.05) is 38.1 Å². The summed E-state index contributed by atoms with van der Waals surface area (Å²) in [6.07, 6.45) is 1.43. The summed E-state index contributed by atoms with van der Waals surface area (Å²) in [5, 5.41) is 4.44. The van der Waals surface area contributed by atoms with E-state index in [2.05, 4.69) is 41.0 Å². The Morgan fingerprint density at radius 3 is 2.42 bits per heavy atom. The normalized spacial score (nSPS) is 12.5. The number of benzene rings is 1. The van der Waals surface area contributed by atoms with Crippen LogP contribution >= 0.6 is 0 Å². The van der Waals surface area contributed by atoms with Crippen LogP contribution in [-0.4, -0.2) is 31.4 Å². The predicted molar refractivity (Wildman–Crippen MR) is 115 cm³/mol. The molecule has 1 atom stereocenters. The summed E-state index contributed by atoms with van der Waals surface area (Å²) >= 11 is 0. The maximum absolute atomic E-state index is 13.0. The SMILES string of the molecule is COc1ccnc2c(=O)n([C@@H](C)c3nc(-c4ccc(C(C)C)cc4)n(C)n3)c(=O)oc12. The lowest BCUT2D eigenvalue weighted by Crippen LogP contribution is -2.36. The minimum Gasteiger partial charge on any atom is -0.493 e. The van der Waals surface area contributed by atoms with Crippen molar-refractivity contribution in [1.82, 2.24) is 24.3 Å². The van der Waals surface area contributed by atoms with Crippen molar-refractivity contribution in [2.75, 3.05) is 7.11 Å². The van der Waals surface area contributed by atoms with Gasteiger partial charge in [-0.3, -0.25) is 4.79 Å². The zero-order valence-corrected chi connectivity index (χ0v) is 18.0. The number of pyridine rings is 1. The summed E-state index contributed by atoms with van der Waals surface area (Å²) in [5.41, 5.74) is 1.55. The molecule has 0 aliphatic heterocycles. The fraction of sp³-hybridized carbons (Fsp3) is 0.318. The van der Waals surface area contributed by atoms with Crippen LogP contribution in [-0.2, 0) is 7.05 Å². The van der Waals surface area contributed by atoms with Gasteiger partial charge in [0, 0.05) is 24.9 Å². The summed E-state index contributed by atoms with van der Waals surface area (Å²) in [6.45, 7) is 5.94. The third-order valence-electron chi connectivity index (χ3n) is 5.27. The zero-order valence-electron chi connectivity index (χ0n) is 18.0. The van der Waals surface area contributed by atoms with E-state index < -0.39 is 17.4 Å². The van der Waals surface area contributed by atoms with Crippen LogP contribution in [0.5, 0.6) is 5.75 Å². The van der Waals surface area contributed by atoms with Crippen LogP contribution in [0.1, 0.15) is 44.1 Å². The molecule has 4 aromatic rings. The van der Waals surface area contributed by atoms with Crippen molar-refractivity contribution in [2.24, 2.45) is 7.05 Å². The Kier molecular flexibility index (Phi) is 5.18. The second-order valence-corrected chi connectivity index (χ2v) is 7.60. The summed E-state index contributed by atoms with van der Waals surface area (Å²) in [4.78, 5) is 34.3. The number of aryl methyl sites for hydroxylation is 1. The lowest BCUT2D eigenvalue weighted by atomic mass is 10.0. The molecule has 0 spiro atoms. The van der Waals surface area contributed by atoms with Crippen LogP contribution in [0.4, 0.5) is 0 Å². The van der Waals surface area contributed by atoms with E-state index in [4.69, 9.17) is 9.15 Å². The number of methoxy groups -OCH3 is 1. The third kappa shape index (κ3) is 3.52. The Bertz CT molecular complexity index is 1370. The quantitative estimate of drug-likeness (QED) is 0.488. The number of fused-ring (bicyclic) bond motifs is 1. The minimum absolute atomic E-state index is 0.00577. The van der Waals surface area contributed by atoms with Gasteiger partial charge in [0.05, 0.1) is 7.11 Å². The number of hydrogen-bond acceptors (Lipinski definition) is 7. The van der Waals surface area contributed by atoms with Gasteiger partial charge in [-0.2, -0.15) is 5.10 Å². The van der Waals surface area contributed by atoms with Crippen LogP contribution in [0, 0.1) is 0 Å². The highest BCUT2D eigenvalue weighted by Gasteiger charge is 2.23. The Balaban J connectivity index is 1.78. The molecule has 160 valence electrons. The van der Waals surface area contributed by atoms with Crippen molar-refractivity contribution in [3.05, 3.63) is 68.8 Å². The Morgan fingerprint density at radius 1 is 1.06 bits per heavy atom.